The highest BCUT2D eigenvalue weighted by atomic mass is 16.5. The summed E-state index contributed by atoms with van der Waals surface area (Å²) in [4.78, 5) is 42.2. The number of nitrogens with zero attached hydrogens (tertiary/aromatic N) is 1. The van der Waals surface area contributed by atoms with Crippen LogP contribution in [0, 0.1) is 0 Å². The van der Waals surface area contributed by atoms with Gasteiger partial charge in [-0.15, -0.1) is 0 Å². The van der Waals surface area contributed by atoms with Crippen LogP contribution in [0.3, 0.4) is 0 Å². The van der Waals surface area contributed by atoms with E-state index >= 15 is 0 Å². The van der Waals surface area contributed by atoms with Gasteiger partial charge in [0.15, 0.2) is 0 Å². The van der Waals surface area contributed by atoms with Crippen molar-refractivity contribution in [3.63, 3.8) is 0 Å². The lowest BCUT2D eigenvalue weighted by Gasteiger charge is -2.12. The first-order chi connectivity index (χ1) is 16.0. The van der Waals surface area contributed by atoms with Crippen molar-refractivity contribution < 1.29 is 23.9 Å². The van der Waals surface area contributed by atoms with E-state index in [1.54, 1.807) is 6.07 Å². The SMILES string of the molecule is COC(=O)c1cc(NC(=O)c2cc(-c3ccccc3)nc3ccccc23)cc(C(=O)OC)c1. The van der Waals surface area contributed by atoms with Gasteiger partial charge in [-0.05, 0) is 30.3 Å². The Hall–Kier alpha value is -4.52. The Labute approximate surface area is 190 Å². The molecule has 0 saturated carbocycles. The van der Waals surface area contributed by atoms with Crippen molar-refractivity contribution >= 4 is 34.4 Å². The van der Waals surface area contributed by atoms with Crippen LogP contribution in [0.4, 0.5) is 5.69 Å². The number of aromatic nitrogens is 1. The number of hydrogen-bond donors (Lipinski definition) is 1. The maximum atomic E-state index is 13.3. The molecule has 0 aliphatic heterocycles. The number of amides is 1. The normalized spacial score (nSPS) is 10.5. The molecule has 3 aromatic carbocycles. The third-order valence-corrected chi connectivity index (χ3v) is 5.06. The molecule has 0 aliphatic carbocycles. The number of hydrogen-bond acceptors (Lipinski definition) is 6. The summed E-state index contributed by atoms with van der Waals surface area (Å²) >= 11 is 0. The van der Waals surface area contributed by atoms with Gasteiger partial charge in [-0.2, -0.15) is 0 Å². The van der Waals surface area contributed by atoms with Crippen LogP contribution < -0.4 is 5.32 Å². The molecule has 1 N–H and O–H groups in total. The second-order valence-corrected chi connectivity index (χ2v) is 7.17. The first kappa shape index (κ1) is 21.7. The molecule has 1 aromatic heterocycles. The van der Waals surface area contributed by atoms with Crippen molar-refractivity contribution in [2.24, 2.45) is 0 Å². The fraction of sp³-hybridized carbons (Fsp3) is 0.0769. The van der Waals surface area contributed by atoms with Gasteiger partial charge in [0.1, 0.15) is 0 Å². The zero-order valence-corrected chi connectivity index (χ0v) is 18.0. The number of carbonyl (C=O) groups is 3. The van der Waals surface area contributed by atoms with Gasteiger partial charge >= 0.3 is 11.9 Å². The number of para-hydroxylation sites is 1. The third kappa shape index (κ3) is 4.57. The summed E-state index contributed by atoms with van der Waals surface area (Å²) in [6.07, 6.45) is 0. The average molecular weight is 440 g/mol. The van der Waals surface area contributed by atoms with Crippen molar-refractivity contribution in [1.29, 1.82) is 0 Å². The Balaban J connectivity index is 1.78. The highest BCUT2D eigenvalue weighted by Gasteiger charge is 2.18. The first-order valence-electron chi connectivity index (χ1n) is 10.1. The zero-order chi connectivity index (χ0) is 23.4. The fourth-order valence-corrected chi connectivity index (χ4v) is 3.49. The predicted molar refractivity (Wildman–Crippen MR) is 124 cm³/mol. The molecule has 7 nitrogen and oxygen atoms in total. The van der Waals surface area contributed by atoms with Crippen molar-refractivity contribution in [2.75, 3.05) is 19.5 Å². The Morgan fingerprint density at radius 3 is 2.00 bits per heavy atom. The number of pyridine rings is 1. The summed E-state index contributed by atoms with van der Waals surface area (Å²) in [6, 6.07) is 22.8. The van der Waals surface area contributed by atoms with Gasteiger partial charge in [-0.1, -0.05) is 48.5 Å². The molecule has 0 bridgehead atoms. The van der Waals surface area contributed by atoms with E-state index in [4.69, 9.17) is 9.47 Å². The quantitative estimate of drug-likeness (QED) is 0.451. The topological polar surface area (TPSA) is 94.6 Å². The second-order valence-electron chi connectivity index (χ2n) is 7.17. The molecule has 1 heterocycles. The highest BCUT2D eigenvalue weighted by Crippen LogP contribution is 2.26. The van der Waals surface area contributed by atoms with E-state index < -0.39 is 17.8 Å². The van der Waals surface area contributed by atoms with Crippen LogP contribution in [0.25, 0.3) is 22.2 Å². The van der Waals surface area contributed by atoms with E-state index in [-0.39, 0.29) is 16.8 Å². The Kier molecular flexibility index (Phi) is 6.13. The summed E-state index contributed by atoms with van der Waals surface area (Å²) in [6.45, 7) is 0. The van der Waals surface area contributed by atoms with E-state index in [0.29, 0.717) is 22.2 Å². The molecule has 4 aromatic rings. The molecular weight excluding hydrogens is 420 g/mol. The molecule has 0 fully saturated rings. The number of methoxy groups -OCH3 is 2. The number of benzene rings is 3. The van der Waals surface area contributed by atoms with Gasteiger partial charge in [0.2, 0.25) is 0 Å². The molecule has 7 heteroatoms. The number of carbonyl (C=O) groups excluding carboxylic acids is 3. The first-order valence-corrected chi connectivity index (χ1v) is 10.1. The van der Waals surface area contributed by atoms with Crippen molar-refractivity contribution in [3.05, 3.63) is 95.6 Å². The molecule has 164 valence electrons. The Morgan fingerprint density at radius 1 is 0.758 bits per heavy atom. The van der Waals surface area contributed by atoms with E-state index in [2.05, 4.69) is 10.3 Å². The van der Waals surface area contributed by atoms with Gasteiger partial charge in [0, 0.05) is 16.6 Å². The minimum absolute atomic E-state index is 0.111. The number of nitrogens with one attached hydrogen (secondary N) is 1. The number of anilines is 1. The van der Waals surface area contributed by atoms with Gasteiger partial charge in [-0.25, -0.2) is 14.6 Å². The zero-order valence-electron chi connectivity index (χ0n) is 18.0. The van der Waals surface area contributed by atoms with Crippen molar-refractivity contribution in [2.45, 2.75) is 0 Å². The number of esters is 2. The minimum Gasteiger partial charge on any atom is -0.465 e. The Bertz CT molecular complexity index is 1330. The number of rotatable bonds is 5. The molecular formula is C26H20N2O5. The van der Waals surface area contributed by atoms with Crippen LogP contribution in [0.2, 0.25) is 0 Å². The highest BCUT2D eigenvalue weighted by molar-refractivity contribution is 6.13. The standard InChI is InChI=1S/C26H20N2O5/c1-32-25(30)17-12-18(26(31)33-2)14-19(13-17)27-24(29)21-15-23(16-8-4-3-5-9-16)28-22-11-7-6-10-20(21)22/h3-15H,1-2H3,(H,27,29). The van der Waals surface area contributed by atoms with Crippen LogP contribution in [0.15, 0.2) is 78.9 Å². The van der Waals surface area contributed by atoms with Crippen LogP contribution in [-0.2, 0) is 9.47 Å². The molecule has 0 atom stereocenters. The van der Waals surface area contributed by atoms with Crippen LogP contribution >= 0.6 is 0 Å². The smallest absolute Gasteiger partial charge is 0.337 e. The molecule has 33 heavy (non-hydrogen) atoms. The van der Waals surface area contributed by atoms with Gasteiger partial charge in [0.05, 0.1) is 42.1 Å². The average Bonchev–Trinajstić information content (AvgIpc) is 2.87. The largest absolute Gasteiger partial charge is 0.465 e. The maximum absolute atomic E-state index is 13.3. The molecule has 0 unspecified atom stereocenters. The monoisotopic (exact) mass is 440 g/mol. The second kappa shape index (κ2) is 9.32. The van der Waals surface area contributed by atoms with Crippen LogP contribution in [0.5, 0.6) is 0 Å². The molecule has 1 amide bonds. The fourth-order valence-electron chi connectivity index (χ4n) is 3.49. The van der Waals surface area contributed by atoms with E-state index in [0.717, 1.165) is 5.56 Å². The molecule has 0 aliphatic rings. The van der Waals surface area contributed by atoms with Crippen molar-refractivity contribution in [1.82, 2.24) is 4.98 Å². The summed E-state index contributed by atoms with van der Waals surface area (Å²) in [5.41, 5.74) is 3.08. The Morgan fingerprint density at radius 2 is 1.36 bits per heavy atom. The van der Waals surface area contributed by atoms with E-state index in [1.165, 1.54) is 32.4 Å². The lowest BCUT2D eigenvalue weighted by atomic mass is 10.0. The van der Waals surface area contributed by atoms with Crippen LogP contribution in [0.1, 0.15) is 31.1 Å². The van der Waals surface area contributed by atoms with E-state index in [1.807, 2.05) is 54.6 Å². The lowest BCUT2D eigenvalue weighted by molar-refractivity contribution is 0.0599. The summed E-state index contributed by atoms with van der Waals surface area (Å²) in [5, 5.41) is 3.46. The summed E-state index contributed by atoms with van der Waals surface area (Å²) in [5.74, 6) is -1.70. The molecule has 0 saturated heterocycles. The number of fused-ring (bicyclic) bond motifs is 1. The van der Waals surface area contributed by atoms with Gasteiger partial charge < -0.3 is 14.8 Å². The van der Waals surface area contributed by atoms with Crippen LogP contribution in [-0.4, -0.2) is 37.0 Å². The van der Waals surface area contributed by atoms with Gasteiger partial charge in [0.25, 0.3) is 5.91 Å². The van der Waals surface area contributed by atoms with E-state index in [9.17, 15) is 14.4 Å². The summed E-state index contributed by atoms with van der Waals surface area (Å²) < 4.78 is 9.52. The minimum atomic E-state index is -0.642. The summed E-state index contributed by atoms with van der Waals surface area (Å²) in [7, 11) is 2.47. The third-order valence-electron chi connectivity index (χ3n) is 5.06. The predicted octanol–water partition coefficient (Wildman–Crippen LogP) is 4.73. The molecule has 0 radical (unpaired) electrons. The number of ether oxygens (including phenoxy) is 2. The van der Waals surface area contributed by atoms with Gasteiger partial charge in [-0.3, -0.25) is 4.79 Å². The lowest BCUT2D eigenvalue weighted by Crippen LogP contribution is -2.15. The van der Waals surface area contributed by atoms with Crippen molar-refractivity contribution in [3.8, 4) is 11.3 Å². The maximum Gasteiger partial charge on any atom is 0.337 e. The molecule has 4 rings (SSSR count). The molecule has 0 spiro atoms.